The van der Waals surface area contributed by atoms with Gasteiger partial charge in [-0.2, -0.15) is 0 Å². The summed E-state index contributed by atoms with van der Waals surface area (Å²) in [5.74, 6) is 1.78. The van der Waals surface area contributed by atoms with Crippen LogP contribution >= 0.6 is 0 Å². The summed E-state index contributed by atoms with van der Waals surface area (Å²) in [5, 5.41) is 3.86. The van der Waals surface area contributed by atoms with Gasteiger partial charge in [-0.15, -0.1) is 0 Å². The van der Waals surface area contributed by atoms with E-state index < -0.39 is 0 Å². The molecule has 0 aliphatic carbocycles. The van der Waals surface area contributed by atoms with Gasteiger partial charge in [-0.05, 0) is 31.4 Å². The molecule has 0 spiro atoms. The zero-order chi connectivity index (χ0) is 20.1. The van der Waals surface area contributed by atoms with E-state index in [4.69, 9.17) is 4.52 Å². The van der Waals surface area contributed by atoms with Gasteiger partial charge in [-0.1, -0.05) is 5.16 Å². The number of hydrogen-bond donors (Lipinski definition) is 0. The summed E-state index contributed by atoms with van der Waals surface area (Å²) >= 11 is 0. The molecule has 0 aromatic carbocycles. The molecular weight excluding hydrogens is 370 g/mol. The van der Waals surface area contributed by atoms with Crippen LogP contribution in [-0.2, 0) is 24.8 Å². The first-order valence-electron chi connectivity index (χ1n) is 9.91. The third-order valence-corrected chi connectivity index (χ3v) is 6.02. The number of amides is 1. The van der Waals surface area contributed by atoms with E-state index in [1.807, 2.05) is 46.3 Å². The minimum Gasteiger partial charge on any atom is -0.361 e. The quantitative estimate of drug-likeness (QED) is 0.677. The third-order valence-electron chi connectivity index (χ3n) is 6.02. The van der Waals surface area contributed by atoms with Gasteiger partial charge in [-0.25, -0.2) is 4.98 Å². The predicted molar refractivity (Wildman–Crippen MR) is 105 cm³/mol. The molecular formula is C21H23N5O3. The van der Waals surface area contributed by atoms with E-state index in [1.165, 1.54) is 0 Å². The van der Waals surface area contributed by atoms with Gasteiger partial charge in [0.15, 0.2) is 0 Å². The van der Waals surface area contributed by atoms with Crippen molar-refractivity contribution in [3.63, 3.8) is 0 Å². The van der Waals surface area contributed by atoms with Crippen LogP contribution in [0.3, 0.4) is 0 Å². The smallest absolute Gasteiger partial charge is 0.261 e. The number of imidazole rings is 1. The Morgan fingerprint density at radius 1 is 1.28 bits per heavy atom. The fourth-order valence-corrected chi connectivity index (χ4v) is 4.71. The molecule has 5 rings (SSSR count). The van der Waals surface area contributed by atoms with Crippen LogP contribution in [0.15, 0.2) is 39.9 Å². The van der Waals surface area contributed by atoms with E-state index in [2.05, 4.69) is 10.1 Å². The highest BCUT2D eigenvalue weighted by Crippen LogP contribution is 2.36. The Bertz CT molecular complexity index is 1140. The number of fused-ring (bicyclic) bond motifs is 4. The lowest BCUT2D eigenvalue weighted by atomic mass is 9.82. The summed E-state index contributed by atoms with van der Waals surface area (Å²) < 4.78 is 8.95. The second-order valence-corrected chi connectivity index (χ2v) is 8.16. The topological polar surface area (TPSA) is 86.2 Å². The molecule has 0 saturated carbocycles. The van der Waals surface area contributed by atoms with Gasteiger partial charge < -0.3 is 18.6 Å². The van der Waals surface area contributed by atoms with Gasteiger partial charge in [0.2, 0.25) is 5.91 Å². The van der Waals surface area contributed by atoms with E-state index >= 15 is 0 Å². The molecule has 2 aliphatic rings. The van der Waals surface area contributed by atoms with E-state index in [9.17, 15) is 9.59 Å². The molecule has 5 heterocycles. The molecule has 3 aromatic heterocycles. The van der Waals surface area contributed by atoms with Gasteiger partial charge in [0.25, 0.3) is 5.56 Å². The first-order valence-corrected chi connectivity index (χ1v) is 9.91. The summed E-state index contributed by atoms with van der Waals surface area (Å²) in [6.45, 7) is 3.77. The van der Waals surface area contributed by atoms with Gasteiger partial charge in [0, 0.05) is 56.8 Å². The summed E-state index contributed by atoms with van der Waals surface area (Å²) in [4.78, 5) is 32.2. The molecule has 29 heavy (non-hydrogen) atoms. The van der Waals surface area contributed by atoms with Crippen LogP contribution < -0.4 is 5.56 Å². The number of aromatic nitrogens is 4. The van der Waals surface area contributed by atoms with Crippen molar-refractivity contribution in [3.8, 4) is 11.4 Å². The van der Waals surface area contributed by atoms with E-state index in [1.54, 1.807) is 12.3 Å². The maximum absolute atomic E-state index is 13.2. The van der Waals surface area contributed by atoms with Gasteiger partial charge >= 0.3 is 0 Å². The molecule has 1 saturated heterocycles. The number of likely N-dealkylation sites (tertiary alicyclic amines) is 1. The average molecular weight is 393 g/mol. The van der Waals surface area contributed by atoms with Crippen LogP contribution in [0.1, 0.15) is 29.5 Å². The molecule has 1 fully saturated rings. The Morgan fingerprint density at radius 3 is 2.86 bits per heavy atom. The number of piperidine rings is 1. The van der Waals surface area contributed by atoms with Crippen molar-refractivity contribution in [1.29, 1.82) is 0 Å². The highest BCUT2D eigenvalue weighted by Gasteiger charge is 2.37. The Hall–Kier alpha value is -3.16. The van der Waals surface area contributed by atoms with Crippen LogP contribution in [0.5, 0.6) is 0 Å². The number of carbonyl (C=O) groups excluding carboxylic acids is 1. The number of nitrogens with zero attached hydrogens (tertiary/aromatic N) is 5. The van der Waals surface area contributed by atoms with Crippen LogP contribution in [-0.4, -0.2) is 43.2 Å². The SMILES string of the molecule is Cc1cc(CC(=O)N2C[C@@H]3C[C@H](C2)c2ccc(-c4nccn4C)c(=O)n2C3)on1. The summed E-state index contributed by atoms with van der Waals surface area (Å²) in [7, 11) is 1.89. The van der Waals surface area contributed by atoms with Crippen molar-refractivity contribution in [3.05, 3.63) is 58.1 Å². The number of carbonyl (C=O) groups is 1. The molecule has 0 unspecified atom stereocenters. The second kappa shape index (κ2) is 6.72. The Labute approximate surface area is 167 Å². The highest BCUT2D eigenvalue weighted by molar-refractivity contribution is 5.78. The Morgan fingerprint density at radius 2 is 2.14 bits per heavy atom. The lowest BCUT2D eigenvalue weighted by Gasteiger charge is -2.42. The lowest BCUT2D eigenvalue weighted by Crippen LogP contribution is -2.49. The average Bonchev–Trinajstić information content (AvgIpc) is 3.30. The molecule has 8 heteroatoms. The standard InChI is InChI=1S/C21H23N5O3/c1-13-7-16(29-23-13)9-19(27)25-10-14-8-15(12-25)18-4-3-17(21(28)26(18)11-14)20-22-5-6-24(20)2/h3-7,14-15H,8-12H2,1-2H3/t14-,15+/m0/s1. The van der Waals surface area contributed by atoms with E-state index in [-0.39, 0.29) is 29.7 Å². The summed E-state index contributed by atoms with van der Waals surface area (Å²) in [5.41, 5.74) is 2.41. The minimum atomic E-state index is 0.00316. The zero-order valence-electron chi connectivity index (χ0n) is 16.5. The molecule has 150 valence electrons. The first-order chi connectivity index (χ1) is 14.0. The monoisotopic (exact) mass is 393 g/mol. The van der Waals surface area contributed by atoms with Crippen LogP contribution in [0, 0.1) is 12.8 Å². The summed E-state index contributed by atoms with van der Waals surface area (Å²) in [6.07, 6.45) is 4.78. The Balaban J connectivity index is 1.41. The summed E-state index contributed by atoms with van der Waals surface area (Å²) in [6, 6.07) is 5.70. The van der Waals surface area contributed by atoms with Crippen molar-refractivity contribution in [1.82, 2.24) is 24.2 Å². The predicted octanol–water partition coefficient (Wildman–Crippen LogP) is 1.73. The number of rotatable bonds is 3. The van der Waals surface area contributed by atoms with Crippen LogP contribution in [0.2, 0.25) is 0 Å². The normalized spacial score (nSPS) is 20.6. The molecule has 1 amide bonds. The first kappa shape index (κ1) is 17.9. The van der Waals surface area contributed by atoms with Crippen molar-refractivity contribution >= 4 is 5.91 Å². The molecule has 2 bridgehead atoms. The zero-order valence-corrected chi connectivity index (χ0v) is 16.5. The Kier molecular flexibility index (Phi) is 4.15. The van der Waals surface area contributed by atoms with Gasteiger partial charge in [-0.3, -0.25) is 9.59 Å². The fourth-order valence-electron chi connectivity index (χ4n) is 4.71. The molecule has 2 atom stereocenters. The maximum Gasteiger partial charge on any atom is 0.261 e. The lowest BCUT2D eigenvalue weighted by molar-refractivity contribution is -0.133. The number of hydrogen-bond acceptors (Lipinski definition) is 5. The van der Waals surface area contributed by atoms with Crippen LogP contribution in [0.25, 0.3) is 11.4 Å². The molecule has 2 aliphatic heterocycles. The molecule has 0 N–H and O–H groups in total. The van der Waals surface area contributed by atoms with Crippen molar-refractivity contribution in [2.24, 2.45) is 13.0 Å². The van der Waals surface area contributed by atoms with Crippen molar-refractivity contribution in [2.75, 3.05) is 13.1 Å². The second-order valence-electron chi connectivity index (χ2n) is 8.16. The number of pyridine rings is 1. The minimum absolute atomic E-state index is 0.00316. The van der Waals surface area contributed by atoms with E-state index in [0.717, 1.165) is 17.8 Å². The molecule has 0 radical (unpaired) electrons. The van der Waals surface area contributed by atoms with Crippen molar-refractivity contribution < 1.29 is 9.32 Å². The maximum atomic E-state index is 13.2. The third kappa shape index (κ3) is 3.08. The largest absolute Gasteiger partial charge is 0.361 e. The van der Waals surface area contributed by atoms with Crippen LogP contribution in [0.4, 0.5) is 0 Å². The molecule has 8 nitrogen and oxygen atoms in total. The highest BCUT2D eigenvalue weighted by atomic mass is 16.5. The van der Waals surface area contributed by atoms with Gasteiger partial charge in [0.05, 0.1) is 17.7 Å². The van der Waals surface area contributed by atoms with E-state index in [0.29, 0.717) is 36.8 Å². The number of aryl methyl sites for hydroxylation is 2. The van der Waals surface area contributed by atoms with Gasteiger partial charge in [0.1, 0.15) is 11.6 Å². The fraction of sp³-hybridized carbons (Fsp3) is 0.429. The van der Waals surface area contributed by atoms with Crippen molar-refractivity contribution in [2.45, 2.75) is 32.2 Å². The molecule has 3 aromatic rings.